The third-order valence-corrected chi connectivity index (χ3v) is 1.66. The highest BCUT2D eigenvalue weighted by molar-refractivity contribution is 5.58. The molecule has 1 aromatic rings. The fourth-order valence-corrected chi connectivity index (χ4v) is 0.978. The van der Waals surface area contributed by atoms with Crippen LogP contribution in [0.2, 0.25) is 0 Å². The molecule has 0 aliphatic rings. The molecule has 0 aliphatic carbocycles. The summed E-state index contributed by atoms with van der Waals surface area (Å²) in [6.45, 7) is 7.09. The van der Waals surface area contributed by atoms with Gasteiger partial charge in [0.25, 0.3) is 0 Å². The Labute approximate surface area is 76.3 Å². The van der Waals surface area contributed by atoms with Gasteiger partial charge in [-0.1, -0.05) is 25.3 Å². The van der Waals surface area contributed by atoms with Crippen molar-refractivity contribution in [3.8, 4) is 0 Å². The fourth-order valence-electron chi connectivity index (χ4n) is 0.978. The minimum absolute atomic E-state index is 0.390. The molecule has 0 atom stereocenters. The minimum atomic E-state index is -0.390. The van der Waals surface area contributed by atoms with E-state index in [2.05, 4.69) is 13.2 Å². The summed E-state index contributed by atoms with van der Waals surface area (Å²) in [5, 5.41) is 0. The first-order valence-electron chi connectivity index (χ1n) is 3.82. The van der Waals surface area contributed by atoms with E-state index in [0.717, 1.165) is 0 Å². The van der Waals surface area contributed by atoms with Gasteiger partial charge in [-0.15, -0.1) is 0 Å². The molecule has 0 saturated carbocycles. The molecule has 0 saturated heterocycles. The van der Waals surface area contributed by atoms with Crippen LogP contribution in [0.3, 0.4) is 0 Å². The number of allylic oxidation sites excluding steroid dienone is 2. The lowest BCUT2D eigenvalue weighted by molar-refractivity contribution is 0.488. The molecule has 0 fully saturated rings. The van der Waals surface area contributed by atoms with Crippen LogP contribution in [0.25, 0.3) is 12.2 Å². The summed E-state index contributed by atoms with van der Waals surface area (Å²) >= 11 is 0. The molecule has 0 radical (unpaired) electrons. The Morgan fingerprint density at radius 1 is 1.46 bits per heavy atom. The quantitative estimate of drug-likeness (QED) is 0.660. The normalized spacial score (nSPS) is 10.5. The Balaban J connectivity index is 3.31. The average molecular weight is 177 g/mol. The third-order valence-electron chi connectivity index (χ3n) is 1.66. The molecule has 0 aromatic carbocycles. The van der Waals surface area contributed by atoms with Gasteiger partial charge in [-0.05, 0) is 12.2 Å². The lowest BCUT2D eigenvalue weighted by Gasteiger charge is -1.91. The predicted octanol–water partition coefficient (Wildman–Crippen LogP) is 1.82. The fraction of sp³-hybridized carbons (Fsp3) is 0.100. The van der Waals surface area contributed by atoms with Gasteiger partial charge in [-0.2, -0.15) is 0 Å². The molecule has 0 N–H and O–H groups in total. The molecule has 1 heterocycles. The van der Waals surface area contributed by atoms with Crippen LogP contribution in [0.1, 0.15) is 11.5 Å². The van der Waals surface area contributed by atoms with Crippen molar-refractivity contribution in [2.45, 2.75) is 0 Å². The van der Waals surface area contributed by atoms with Crippen molar-refractivity contribution in [3.05, 3.63) is 47.3 Å². The summed E-state index contributed by atoms with van der Waals surface area (Å²) in [4.78, 5) is 11.1. The smallest absolute Gasteiger partial charge is 0.408 e. The van der Waals surface area contributed by atoms with Crippen LogP contribution in [0.4, 0.5) is 0 Å². The summed E-state index contributed by atoms with van der Waals surface area (Å²) in [5.41, 5.74) is 0.694. The SMILES string of the molecule is C=C/C=C\c1c(C=C)oc(=O)n1C. The molecular weight excluding hydrogens is 166 g/mol. The predicted molar refractivity (Wildman–Crippen MR) is 53.3 cm³/mol. The molecule has 0 unspecified atom stereocenters. The monoisotopic (exact) mass is 177 g/mol. The average Bonchev–Trinajstić information content (AvgIpc) is 2.40. The van der Waals surface area contributed by atoms with Crippen molar-refractivity contribution in [1.29, 1.82) is 0 Å². The standard InChI is InChI=1S/C10H11NO2/c1-4-6-7-8-9(5-2)13-10(12)11(8)3/h4-7H,1-2H2,3H3/b7-6-. The van der Waals surface area contributed by atoms with Gasteiger partial charge in [0, 0.05) is 7.05 Å². The minimum Gasteiger partial charge on any atom is -0.408 e. The van der Waals surface area contributed by atoms with Gasteiger partial charge in [0.1, 0.15) is 0 Å². The van der Waals surface area contributed by atoms with Crippen LogP contribution in [0.5, 0.6) is 0 Å². The maximum atomic E-state index is 11.1. The number of oxazole rings is 1. The van der Waals surface area contributed by atoms with E-state index >= 15 is 0 Å². The van der Waals surface area contributed by atoms with E-state index in [1.807, 2.05) is 0 Å². The zero-order valence-corrected chi connectivity index (χ0v) is 7.49. The molecule has 3 heteroatoms. The van der Waals surface area contributed by atoms with E-state index < -0.39 is 5.76 Å². The molecule has 0 amide bonds. The second kappa shape index (κ2) is 3.76. The zero-order valence-electron chi connectivity index (χ0n) is 7.49. The van der Waals surface area contributed by atoms with Gasteiger partial charge < -0.3 is 4.42 Å². The number of nitrogens with zero attached hydrogens (tertiary/aromatic N) is 1. The summed E-state index contributed by atoms with van der Waals surface area (Å²) in [7, 11) is 1.64. The molecule has 1 aromatic heterocycles. The highest BCUT2D eigenvalue weighted by Gasteiger charge is 2.07. The van der Waals surface area contributed by atoms with Gasteiger partial charge in [0.15, 0.2) is 5.76 Å². The summed E-state index contributed by atoms with van der Waals surface area (Å²) in [5.74, 6) is 0.0872. The second-order valence-electron chi connectivity index (χ2n) is 2.48. The number of aromatic nitrogens is 1. The van der Waals surface area contributed by atoms with Gasteiger partial charge in [-0.25, -0.2) is 4.79 Å². The first-order chi connectivity index (χ1) is 6.20. The van der Waals surface area contributed by atoms with Crippen LogP contribution < -0.4 is 5.76 Å². The summed E-state index contributed by atoms with van der Waals surface area (Å²) < 4.78 is 6.31. The van der Waals surface area contributed by atoms with E-state index in [1.165, 1.54) is 10.6 Å². The highest BCUT2D eigenvalue weighted by atomic mass is 16.4. The van der Waals surface area contributed by atoms with Crippen molar-refractivity contribution in [2.24, 2.45) is 7.05 Å². The summed E-state index contributed by atoms with van der Waals surface area (Å²) in [6.07, 6.45) is 6.61. The Hall–Kier alpha value is -1.77. The molecule has 0 aliphatic heterocycles. The lowest BCUT2D eigenvalue weighted by Crippen LogP contribution is -2.10. The zero-order chi connectivity index (χ0) is 9.84. The third kappa shape index (κ3) is 1.69. The second-order valence-corrected chi connectivity index (χ2v) is 2.48. The molecule has 0 bridgehead atoms. The van der Waals surface area contributed by atoms with Crippen molar-refractivity contribution >= 4 is 12.2 Å². The van der Waals surface area contributed by atoms with Crippen LogP contribution >= 0.6 is 0 Å². The van der Waals surface area contributed by atoms with Gasteiger partial charge in [0.05, 0.1) is 5.69 Å². The molecule has 1 rings (SSSR count). The Kier molecular flexibility index (Phi) is 2.69. The van der Waals surface area contributed by atoms with E-state index in [0.29, 0.717) is 11.5 Å². The van der Waals surface area contributed by atoms with Gasteiger partial charge >= 0.3 is 5.76 Å². The van der Waals surface area contributed by atoms with Crippen molar-refractivity contribution in [2.75, 3.05) is 0 Å². The topological polar surface area (TPSA) is 35.1 Å². The molecule has 3 nitrogen and oxygen atoms in total. The molecule has 13 heavy (non-hydrogen) atoms. The molecule has 68 valence electrons. The Morgan fingerprint density at radius 2 is 2.15 bits per heavy atom. The van der Waals surface area contributed by atoms with E-state index in [9.17, 15) is 4.79 Å². The van der Waals surface area contributed by atoms with Gasteiger partial charge in [0.2, 0.25) is 0 Å². The molecule has 0 spiro atoms. The van der Waals surface area contributed by atoms with Crippen LogP contribution in [-0.2, 0) is 7.05 Å². The first-order valence-corrected chi connectivity index (χ1v) is 3.82. The van der Waals surface area contributed by atoms with Crippen molar-refractivity contribution < 1.29 is 4.42 Å². The summed E-state index contributed by atoms with van der Waals surface area (Å²) in [6, 6.07) is 0. The van der Waals surface area contributed by atoms with E-state index in [1.54, 1.807) is 25.3 Å². The largest absolute Gasteiger partial charge is 0.419 e. The molecular formula is C10H11NO2. The van der Waals surface area contributed by atoms with Crippen molar-refractivity contribution in [1.82, 2.24) is 4.57 Å². The van der Waals surface area contributed by atoms with Gasteiger partial charge in [-0.3, -0.25) is 4.57 Å². The van der Waals surface area contributed by atoms with Crippen molar-refractivity contribution in [3.63, 3.8) is 0 Å². The highest BCUT2D eigenvalue weighted by Crippen LogP contribution is 2.09. The Bertz CT molecular complexity index is 407. The Morgan fingerprint density at radius 3 is 2.69 bits per heavy atom. The maximum absolute atomic E-state index is 11.1. The number of hydrogen-bond acceptors (Lipinski definition) is 2. The maximum Gasteiger partial charge on any atom is 0.419 e. The number of hydrogen-bond donors (Lipinski definition) is 0. The van der Waals surface area contributed by atoms with Crippen LogP contribution in [0.15, 0.2) is 34.5 Å². The van der Waals surface area contributed by atoms with Crippen LogP contribution in [0, 0.1) is 0 Å². The van der Waals surface area contributed by atoms with E-state index in [-0.39, 0.29) is 0 Å². The van der Waals surface area contributed by atoms with Crippen LogP contribution in [-0.4, -0.2) is 4.57 Å². The van der Waals surface area contributed by atoms with E-state index in [4.69, 9.17) is 4.42 Å². The first kappa shape index (κ1) is 9.32. The number of rotatable bonds is 3. The lowest BCUT2D eigenvalue weighted by atomic mass is 10.3.